The van der Waals surface area contributed by atoms with E-state index in [9.17, 15) is 0 Å². The number of likely N-dealkylation sites (tertiary alicyclic amines) is 1. The van der Waals surface area contributed by atoms with E-state index in [1.807, 2.05) is 0 Å². The van der Waals surface area contributed by atoms with E-state index in [0.717, 1.165) is 12.3 Å². The number of aliphatic hydroxyl groups is 1. The summed E-state index contributed by atoms with van der Waals surface area (Å²) in [6.07, 6.45) is 4.75. The average Bonchev–Trinajstić information content (AvgIpc) is 2.10. The van der Waals surface area contributed by atoms with Crippen LogP contribution < -0.4 is 0 Å². The largest absolute Gasteiger partial charge is 0.396 e. The molecule has 0 spiro atoms. The van der Waals surface area contributed by atoms with Gasteiger partial charge in [-0.25, -0.2) is 0 Å². The van der Waals surface area contributed by atoms with Gasteiger partial charge < -0.3 is 5.11 Å². The van der Waals surface area contributed by atoms with Crippen LogP contribution in [0.5, 0.6) is 0 Å². The Morgan fingerprint density at radius 2 is 2.14 bits per heavy atom. The molecule has 0 aromatic heterocycles. The molecule has 1 fully saturated rings. The number of aliphatic hydroxyl groups excluding tert-OH is 1. The van der Waals surface area contributed by atoms with E-state index in [1.165, 1.54) is 32.4 Å². The van der Waals surface area contributed by atoms with Gasteiger partial charge in [-0.05, 0) is 58.5 Å². The second kappa shape index (κ2) is 5.13. The molecule has 0 saturated carbocycles. The molecule has 0 aromatic carbocycles. The Bertz CT molecular complexity index is 168. The van der Waals surface area contributed by atoms with Crippen LogP contribution in [0, 0.1) is 5.92 Å². The molecular weight excluding hydrogens is 174 g/mol. The Morgan fingerprint density at radius 1 is 1.43 bits per heavy atom. The molecule has 1 N–H and O–H groups in total. The van der Waals surface area contributed by atoms with Gasteiger partial charge in [0.05, 0.1) is 0 Å². The molecule has 0 aliphatic carbocycles. The van der Waals surface area contributed by atoms with Gasteiger partial charge in [-0.15, -0.1) is 0 Å². The number of piperidine rings is 1. The predicted octanol–water partition coefficient (Wildman–Crippen LogP) is 2.27. The van der Waals surface area contributed by atoms with Crippen molar-refractivity contribution in [3.05, 3.63) is 0 Å². The van der Waals surface area contributed by atoms with Crippen molar-refractivity contribution in [1.29, 1.82) is 0 Å². The third-order valence-corrected chi connectivity index (χ3v) is 3.48. The number of hydrogen-bond donors (Lipinski definition) is 1. The molecule has 0 bridgehead atoms. The molecule has 14 heavy (non-hydrogen) atoms. The van der Waals surface area contributed by atoms with Gasteiger partial charge in [-0.3, -0.25) is 4.90 Å². The SMILES string of the molecule is CCCN1CCC(CCO)CC1(C)C. The minimum atomic E-state index is 0.341. The van der Waals surface area contributed by atoms with Gasteiger partial charge in [0, 0.05) is 12.1 Å². The Kier molecular flexibility index (Phi) is 4.39. The summed E-state index contributed by atoms with van der Waals surface area (Å²) in [5, 5.41) is 8.94. The predicted molar refractivity (Wildman–Crippen MR) is 60.4 cm³/mol. The molecule has 1 aliphatic rings. The molecular formula is C12H25NO. The molecule has 0 amide bonds. The molecule has 0 radical (unpaired) electrons. The van der Waals surface area contributed by atoms with Crippen LogP contribution in [0.4, 0.5) is 0 Å². The van der Waals surface area contributed by atoms with Crippen molar-refractivity contribution in [3.8, 4) is 0 Å². The lowest BCUT2D eigenvalue weighted by Gasteiger charge is -2.45. The lowest BCUT2D eigenvalue weighted by atomic mass is 9.81. The van der Waals surface area contributed by atoms with Crippen molar-refractivity contribution in [2.75, 3.05) is 19.7 Å². The second-order valence-electron chi connectivity index (χ2n) is 5.17. The van der Waals surface area contributed by atoms with E-state index in [1.54, 1.807) is 0 Å². The standard InChI is InChI=1S/C12H25NO/c1-4-7-13-8-5-11(6-9-14)10-12(13,2)3/h11,14H,4-10H2,1-3H3. The zero-order chi connectivity index (χ0) is 10.6. The summed E-state index contributed by atoms with van der Waals surface area (Å²) in [5.41, 5.74) is 0.341. The molecule has 84 valence electrons. The fraction of sp³-hybridized carbons (Fsp3) is 1.00. The van der Waals surface area contributed by atoms with Gasteiger partial charge in [0.1, 0.15) is 0 Å². The minimum Gasteiger partial charge on any atom is -0.396 e. The highest BCUT2D eigenvalue weighted by Gasteiger charge is 2.33. The van der Waals surface area contributed by atoms with Gasteiger partial charge in [-0.2, -0.15) is 0 Å². The van der Waals surface area contributed by atoms with Gasteiger partial charge in [0.15, 0.2) is 0 Å². The molecule has 1 saturated heterocycles. The van der Waals surface area contributed by atoms with Crippen LogP contribution in [0.2, 0.25) is 0 Å². The third kappa shape index (κ3) is 2.96. The van der Waals surface area contributed by atoms with Gasteiger partial charge in [0.25, 0.3) is 0 Å². The van der Waals surface area contributed by atoms with Gasteiger partial charge in [-0.1, -0.05) is 6.92 Å². The number of rotatable bonds is 4. The highest BCUT2D eigenvalue weighted by molar-refractivity contribution is 4.88. The van der Waals surface area contributed by atoms with Crippen LogP contribution >= 0.6 is 0 Å². The van der Waals surface area contributed by atoms with E-state index in [-0.39, 0.29) is 0 Å². The lowest BCUT2D eigenvalue weighted by Crippen LogP contribution is -2.50. The van der Waals surface area contributed by atoms with E-state index < -0.39 is 0 Å². The summed E-state index contributed by atoms with van der Waals surface area (Å²) in [7, 11) is 0. The molecule has 1 atom stereocenters. The molecule has 1 unspecified atom stereocenters. The Labute approximate surface area is 88.3 Å². The lowest BCUT2D eigenvalue weighted by molar-refractivity contribution is 0.0393. The molecule has 2 heteroatoms. The molecule has 1 rings (SSSR count). The monoisotopic (exact) mass is 199 g/mol. The highest BCUT2D eigenvalue weighted by Crippen LogP contribution is 2.32. The summed E-state index contributed by atoms with van der Waals surface area (Å²) in [4.78, 5) is 2.60. The number of hydrogen-bond acceptors (Lipinski definition) is 2. The zero-order valence-electron chi connectivity index (χ0n) is 9.92. The first-order chi connectivity index (χ1) is 6.60. The Balaban J connectivity index is 2.47. The normalized spacial score (nSPS) is 27.9. The first-order valence-corrected chi connectivity index (χ1v) is 5.96. The molecule has 2 nitrogen and oxygen atoms in total. The van der Waals surface area contributed by atoms with E-state index in [4.69, 9.17) is 5.11 Å². The average molecular weight is 199 g/mol. The molecule has 1 heterocycles. The van der Waals surface area contributed by atoms with Crippen LogP contribution in [-0.4, -0.2) is 35.2 Å². The molecule has 1 aliphatic heterocycles. The quantitative estimate of drug-likeness (QED) is 0.751. The van der Waals surface area contributed by atoms with Gasteiger partial charge in [0.2, 0.25) is 0 Å². The van der Waals surface area contributed by atoms with Gasteiger partial charge >= 0.3 is 0 Å². The van der Waals surface area contributed by atoms with Crippen molar-refractivity contribution in [2.24, 2.45) is 5.92 Å². The number of nitrogens with zero attached hydrogens (tertiary/aromatic N) is 1. The van der Waals surface area contributed by atoms with E-state index >= 15 is 0 Å². The smallest absolute Gasteiger partial charge is 0.0433 e. The maximum Gasteiger partial charge on any atom is 0.0433 e. The minimum absolute atomic E-state index is 0.341. The van der Waals surface area contributed by atoms with Crippen molar-refractivity contribution >= 4 is 0 Å². The maximum absolute atomic E-state index is 8.94. The van der Waals surface area contributed by atoms with Crippen LogP contribution in [0.25, 0.3) is 0 Å². The first-order valence-electron chi connectivity index (χ1n) is 5.96. The highest BCUT2D eigenvalue weighted by atomic mass is 16.3. The maximum atomic E-state index is 8.94. The van der Waals surface area contributed by atoms with E-state index in [0.29, 0.717) is 12.1 Å². The van der Waals surface area contributed by atoms with Crippen molar-refractivity contribution in [3.63, 3.8) is 0 Å². The van der Waals surface area contributed by atoms with Crippen molar-refractivity contribution < 1.29 is 5.11 Å². The summed E-state index contributed by atoms with van der Waals surface area (Å²) in [6, 6.07) is 0. The first kappa shape index (κ1) is 12.0. The van der Waals surface area contributed by atoms with Crippen LogP contribution in [0.3, 0.4) is 0 Å². The Morgan fingerprint density at radius 3 is 2.64 bits per heavy atom. The third-order valence-electron chi connectivity index (χ3n) is 3.48. The van der Waals surface area contributed by atoms with Crippen LogP contribution in [0.1, 0.15) is 46.5 Å². The van der Waals surface area contributed by atoms with Crippen molar-refractivity contribution in [1.82, 2.24) is 4.90 Å². The van der Waals surface area contributed by atoms with Crippen molar-refractivity contribution in [2.45, 2.75) is 52.0 Å². The van der Waals surface area contributed by atoms with Crippen LogP contribution in [0.15, 0.2) is 0 Å². The Hall–Kier alpha value is -0.0800. The zero-order valence-corrected chi connectivity index (χ0v) is 9.92. The van der Waals surface area contributed by atoms with E-state index in [2.05, 4.69) is 25.7 Å². The molecule has 0 aromatic rings. The topological polar surface area (TPSA) is 23.5 Å². The summed E-state index contributed by atoms with van der Waals surface area (Å²) < 4.78 is 0. The fourth-order valence-corrected chi connectivity index (χ4v) is 2.69. The second-order valence-corrected chi connectivity index (χ2v) is 5.17. The summed E-state index contributed by atoms with van der Waals surface area (Å²) in [6.45, 7) is 9.72. The summed E-state index contributed by atoms with van der Waals surface area (Å²) in [5.74, 6) is 0.739. The summed E-state index contributed by atoms with van der Waals surface area (Å²) >= 11 is 0. The van der Waals surface area contributed by atoms with Crippen LogP contribution in [-0.2, 0) is 0 Å². The fourth-order valence-electron chi connectivity index (χ4n) is 2.69.